The van der Waals surface area contributed by atoms with Crippen molar-refractivity contribution < 1.29 is 14.8 Å². The Kier molecular flexibility index (Phi) is 5.07. The van der Waals surface area contributed by atoms with Crippen molar-refractivity contribution in [3.63, 3.8) is 0 Å². The molecule has 0 aliphatic carbocycles. The van der Waals surface area contributed by atoms with Gasteiger partial charge in [-0.15, -0.1) is 0 Å². The topological polar surface area (TPSA) is 105 Å². The first-order valence-electron chi connectivity index (χ1n) is 6.45. The first-order chi connectivity index (χ1) is 10.9. The summed E-state index contributed by atoms with van der Waals surface area (Å²) in [6.45, 7) is 1.86. The van der Waals surface area contributed by atoms with Crippen LogP contribution in [-0.4, -0.2) is 22.2 Å². The van der Waals surface area contributed by atoms with Crippen LogP contribution in [0.25, 0.3) is 0 Å². The van der Waals surface area contributed by atoms with Gasteiger partial charge in [-0.1, -0.05) is 33.6 Å². The zero-order valence-electron chi connectivity index (χ0n) is 12.0. The van der Waals surface area contributed by atoms with Crippen molar-refractivity contribution in [3.8, 4) is 5.75 Å². The third kappa shape index (κ3) is 4.13. The first-order valence-corrected chi connectivity index (χ1v) is 7.25. The minimum atomic E-state index is -0.706. The van der Waals surface area contributed by atoms with E-state index in [0.717, 1.165) is 11.8 Å². The molecule has 1 amide bonds. The number of rotatable bonds is 4. The van der Waals surface area contributed by atoms with Crippen LogP contribution in [-0.2, 0) is 0 Å². The van der Waals surface area contributed by atoms with E-state index >= 15 is 0 Å². The van der Waals surface area contributed by atoms with E-state index in [0.29, 0.717) is 10.0 Å². The lowest BCUT2D eigenvalue weighted by Gasteiger charge is -2.03. The maximum absolute atomic E-state index is 11.9. The molecule has 0 aromatic heterocycles. The Balaban J connectivity index is 2.18. The predicted molar refractivity (Wildman–Crippen MR) is 88.7 cm³/mol. The summed E-state index contributed by atoms with van der Waals surface area (Å²) in [6.07, 6.45) is 1.14. The molecule has 0 unspecified atom stereocenters. The van der Waals surface area contributed by atoms with E-state index < -0.39 is 22.3 Å². The van der Waals surface area contributed by atoms with Crippen LogP contribution in [0.2, 0.25) is 0 Å². The van der Waals surface area contributed by atoms with Gasteiger partial charge < -0.3 is 5.11 Å². The van der Waals surface area contributed by atoms with Crippen LogP contribution < -0.4 is 5.43 Å². The number of carbonyl (C=O) groups excluding carboxylic acids is 1. The average Bonchev–Trinajstić information content (AvgIpc) is 2.49. The zero-order valence-corrected chi connectivity index (χ0v) is 13.6. The number of halogens is 1. The lowest BCUT2D eigenvalue weighted by Crippen LogP contribution is -2.17. The molecule has 118 valence electrons. The molecule has 0 aliphatic heterocycles. The van der Waals surface area contributed by atoms with Crippen molar-refractivity contribution in [2.75, 3.05) is 0 Å². The van der Waals surface area contributed by atoms with E-state index in [-0.39, 0.29) is 5.56 Å². The number of nitrogens with one attached hydrogen (secondary N) is 1. The summed E-state index contributed by atoms with van der Waals surface area (Å²) >= 11 is 3.12. The number of aryl methyl sites for hydroxylation is 1. The normalized spacial score (nSPS) is 10.7. The summed E-state index contributed by atoms with van der Waals surface area (Å²) < 4.78 is 0.411. The van der Waals surface area contributed by atoms with Crippen LogP contribution in [0.5, 0.6) is 5.75 Å². The number of nitrogens with zero attached hydrogens (tertiary/aromatic N) is 2. The van der Waals surface area contributed by atoms with Crippen molar-refractivity contribution >= 4 is 33.7 Å². The van der Waals surface area contributed by atoms with Crippen LogP contribution in [0, 0.1) is 17.0 Å². The molecule has 0 bridgehead atoms. The van der Waals surface area contributed by atoms with E-state index in [2.05, 4.69) is 26.5 Å². The molecular weight excluding hydrogens is 366 g/mol. The quantitative estimate of drug-likeness (QED) is 0.484. The molecule has 8 heteroatoms. The monoisotopic (exact) mass is 377 g/mol. The minimum Gasteiger partial charge on any atom is -0.502 e. The van der Waals surface area contributed by atoms with Crippen molar-refractivity contribution in [2.24, 2.45) is 5.10 Å². The number of aromatic hydroxyl groups is 1. The Morgan fingerprint density at radius 2 is 2.13 bits per heavy atom. The zero-order chi connectivity index (χ0) is 17.0. The van der Waals surface area contributed by atoms with Gasteiger partial charge in [-0.05, 0) is 25.1 Å². The molecule has 0 fully saturated rings. The molecule has 0 saturated carbocycles. The van der Waals surface area contributed by atoms with Gasteiger partial charge in [-0.2, -0.15) is 5.10 Å². The Morgan fingerprint density at radius 1 is 1.39 bits per heavy atom. The SMILES string of the molecule is Cc1cccc(C(=O)N/N=C/c2cc(Br)cc([N+](=O)[O-])c2O)c1. The van der Waals surface area contributed by atoms with Gasteiger partial charge in [0.25, 0.3) is 5.91 Å². The Hall–Kier alpha value is -2.74. The number of benzene rings is 2. The first kappa shape index (κ1) is 16.6. The Bertz CT molecular complexity index is 805. The average molecular weight is 378 g/mol. The molecule has 0 radical (unpaired) electrons. The van der Waals surface area contributed by atoms with Crippen molar-refractivity contribution in [1.82, 2.24) is 5.43 Å². The summed E-state index contributed by atoms with van der Waals surface area (Å²) in [5, 5.41) is 24.4. The number of nitro benzene ring substituents is 1. The Labute approximate surface area is 139 Å². The highest BCUT2D eigenvalue weighted by Gasteiger charge is 2.17. The summed E-state index contributed by atoms with van der Waals surface area (Å²) in [5.74, 6) is -0.944. The van der Waals surface area contributed by atoms with Crippen molar-refractivity contribution in [3.05, 3.63) is 67.7 Å². The van der Waals surface area contributed by atoms with Crippen molar-refractivity contribution in [1.29, 1.82) is 0 Å². The molecule has 2 aromatic rings. The molecule has 2 aromatic carbocycles. The van der Waals surface area contributed by atoms with Gasteiger partial charge in [0.2, 0.25) is 5.75 Å². The smallest absolute Gasteiger partial charge is 0.312 e. The van der Waals surface area contributed by atoms with E-state index in [4.69, 9.17) is 0 Å². The van der Waals surface area contributed by atoms with Gasteiger partial charge in [0.05, 0.1) is 11.1 Å². The molecule has 2 rings (SSSR count). The number of hydrogen-bond donors (Lipinski definition) is 2. The molecule has 0 saturated heterocycles. The molecule has 23 heavy (non-hydrogen) atoms. The maximum Gasteiger partial charge on any atom is 0.312 e. The number of nitro groups is 1. The van der Waals surface area contributed by atoms with Crippen LogP contribution in [0.4, 0.5) is 5.69 Å². The molecule has 2 N–H and O–H groups in total. The predicted octanol–water partition coefficient (Wildman–Crippen LogP) is 3.14. The minimum absolute atomic E-state index is 0.107. The van der Waals surface area contributed by atoms with Crippen LogP contribution >= 0.6 is 15.9 Å². The molecule has 7 nitrogen and oxygen atoms in total. The third-order valence-electron chi connectivity index (χ3n) is 2.93. The highest BCUT2D eigenvalue weighted by Crippen LogP contribution is 2.32. The molecule has 0 aliphatic rings. The second-order valence-electron chi connectivity index (χ2n) is 4.69. The van der Waals surface area contributed by atoms with Crippen LogP contribution in [0.3, 0.4) is 0 Å². The number of hydrazone groups is 1. The second-order valence-corrected chi connectivity index (χ2v) is 5.60. The summed E-state index contributed by atoms with van der Waals surface area (Å²) in [5.41, 5.74) is 3.33. The largest absolute Gasteiger partial charge is 0.502 e. The number of hydrogen-bond acceptors (Lipinski definition) is 5. The molecule has 0 atom stereocenters. The van der Waals surface area contributed by atoms with Crippen LogP contribution in [0.15, 0.2) is 46.0 Å². The van der Waals surface area contributed by atoms with Gasteiger partial charge in [-0.25, -0.2) is 5.43 Å². The maximum atomic E-state index is 11.9. The van der Waals surface area contributed by atoms with Gasteiger partial charge in [-0.3, -0.25) is 14.9 Å². The van der Waals surface area contributed by atoms with Gasteiger partial charge >= 0.3 is 5.69 Å². The van der Waals surface area contributed by atoms with Crippen LogP contribution in [0.1, 0.15) is 21.5 Å². The lowest BCUT2D eigenvalue weighted by molar-refractivity contribution is -0.385. The summed E-state index contributed by atoms with van der Waals surface area (Å²) in [7, 11) is 0. The number of carbonyl (C=O) groups is 1. The highest BCUT2D eigenvalue weighted by atomic mass is 79.9. The molecule has 0 heterocycles. The van der Waals surface area contributed by atoms with Gasteiger partial charge in [0, 0.05) is 21.7 Å². The fraction of sp³-hybridized carbons (Fsp3) is 0.0667. The van der Waals surface area contributed by atoms with E-state index in [1.165, 1.54) is 12.1 Å². The molecular formula is C15H12BrN3O4. The standard InChI is InChI=1S/C15H12BrN3O4/c1-9-3-2-4-10(5-9)15(21)18-17-8-11-6-12(16)7-13(14(11)20)19(22)23/h2-8,20H,1H3,(H,18,21)/b17-8+. The van der Waals surface area contributed by atoms with E-state index in [1.807, 2.05) is 13.0 Å². The molecule has 0 spiro atoms. The lowest BCUT2D eigenvalue weighted by atomic mass is 10.1. The number of phenols is 1. The third-order valence-corrected chi connectivity index (χ3v) is 3.39. The number of phenolic OH excluding ortho intramolecular Hbond substituents is 1. The Morgan fingerprint density at radius 3 is 2.78 bits per heavy atom. The second kappa shape index (κ2) is 7.01. The van der Waals surface area contributed by atoms with Gasteiger partial charge in [0.15, 0.2) is 0 Å². The van der Waals surface area contributed by atoms with Crippen molar-refractivity contribution in [2.45, 2.75) is 6.92 Å². The van der Waals surface area contributed by atoms with Gasteiger partial charge in [0.1, 0.15) is 0 Å². The number of amides is 1. The highest BCUT2D eigenvalue weighted by molar-refractivity contribution is 9.10. The van der Waals surface area contributed by atoms with E-state index in [9.17, 15) is 20.0 Å². The fourth-order valence-corrected chi connectivity index (χ4v) is 2.32. The van der Waals surface area contributed by atoms with E-state index in [1.54, 1.807) is 18.2 Å². The fourth-order valence-electron chi connectivity index (χ4n) is 1.85. The summed E-state index contributed by atoms with van der Waals surface area (Å²) in [6, 6.07) is 9.57. The summed E-state index contributed by atoms with van der Waals surface area (Å²) in [4.78, 5) is 22.0.